The summed E-state index contributed by atoms with van der Waals surface area (Å²) in [7, 11) is 0. The first-order chi connectivity index (χ1) is 10.8. The molecule has 1 aliphatic heterocycles. The van der Waals surface area contributed by atoms with Crippen LogP contribution in [0.3, 0.4) is 0 Å². The number of likely N-dealkylation sites (tertiary alicyclic amines) is 1. The summed E-state index contributed by atoms with van der Waals surface area (Å²) < 4.78 is 0. The Hall–Kier alpha value is -2.20. The fourth-order valence-corrected chi connectivity index (χ4v) is 3.48. The summed E-state index contributed by atoms with van der Waals surface area (Å²) in [5.74, 6) is 0. The van der Waals surface area contributed by atoms with Crippen LogP contribution in [-0.4, -0.2) is 26.6 Å². The van der Waals surface area contributed by atoms with E-state index in [0.717, 1.165) is 24.3 Å². The minimum absolute atomic E-state index is 0.429. The van der Waals surface area contributed by atoms with Crippen LogP contribution in [0.4, 0.5) is 0 Å². The van der Waals surface area contributed by atoms with Crippen LogP contribution in [0.1, 0.15) is 35.8 Å². The van der Waals surface area contributed by atoms with Crippen molar-refractivity contribution in [2.75, 3.05) is 6.54 Å². The molecule has 1 N–H and O–H groups in total. The van der Waals surface area contributed by atoms with Crippen molar-refractivity contribution in [3.8, 4) is 0 Å². The normalized spacial score (nSPS) is 19.0. The summed E-state index contributed by atoms with van der Waals surface area (Å²) in [4.78, 5) is 7.28. The van der Waals surface area contributed by atoms with E-state index >= 15 is 0 Å². The number of benzene rings is 1. The van der Waals surface area contributed by atoms with Gasteiger partial charge in [-0.3, -0.25) is 15.0 Å². The number of fused-ring (bicyclic) bond motifs is 1. The van der Waals surface area contributed by atoms with Crippen LogP contribution < -0.4 is 0 Å². The van der Waals surface area contributed by atoms with Crippen LogP contribution in [0.5, 0.6) is 0 Å². The second kappa shape index (κ2) is 5.54. The third-order valence-electron chi connectivity index (χ3n) is 4.55. The molecular weight excluding hydrogens is 272 g/mol. The molecule has 1 aromatic carbocycles. The number of nitrogens with one attached hydrogen (secondary N) is 1. The number of aryl methyl sites for hydroxylation is 1. The molecule has 0 spiro atoms. The second-order valence-corrected chi connectivity index (χ2v) is 6.08. The predicted molar refractivity (Wildman–Crippen MR) is 87.5 cm³/mol. The van der Waals surface area contributed by atoms with E-state index in [4.69, 9.17) is 4.98 Å². The van der Waals surface area contributed by atoms with Gasteiger partial charge in [0.25, 0.3) is 0 Å². The van der Waals surface area contributed by atoms with Gasteiger partial charge in [-0.05, 0) is 44.0 Å². The van der Waals surface area contributed by atoms with E-state index in [1.165, 1.54) is 29.5 Å². The highest BCUT2D eigenvalue weighted by molar-refractivity contribution is 5.81. The summed E-state index contributed by atoms with van der Waals surface area (Å²) in [5.41, 5.74) is 4.77. The molecule has 2 aromatic heterocycles. The number of hydrogen-bond donors (Lipinski definition) is 1. The van der Waals surface area contributed by atoms with Crippen LogP contribution in [0.25, 0.3) is 10.9 Å². The molecule has 1 saturated heterocycles. The van der Waals surface area contributed by atoms with Gasteiger partial charge in [0.1, 0.15) is 0 Å². The van der Waals surface area contributed by atoms with Gasteiger partial charge in [-0.2, -0.15) is 5.10 Å². The fraction of sp³-hybridized carbons (Fsp3) is 0.333. The van der Waals surface area contributed by atoms with Crippen LogP contribution >= 0.6 is 0 Å². The molecule has 0 unspecified atom stereocenters. The maximum absolute atomic E-state index is 4.74. The fourth-order valence-electron chi connectivity index (χ4n) is 3.48. The Morgan fingerprint density at radius 3 is 3.05 bits per heavy atom. The number of rotatable bonds is 3. The summed E-state index contributed by atoms with van der Waals surface area (Å²) in [5, 5.41) is 8.49. The lowest BCUT2D eigenvalue weighted by molar-refractivity contribution is 0.245. The zero-order chi connectivity index (χ0) is 14.9. The van der Waals surface area contributed by atoms with Crippen molar-refractivity contribution in [3.63, 3.8) is 0 Å². The van der Waals surface area contributed by atoms with Crippen molar-refractivity contribution in [3.05, 3.63) is 59.5 Å². The molecule has 112 valence electrons. The Morgan fingerprint density at radius 1 is 1.23 bits per heavy atom. The van der Waals surface area contributed by atoms with Crippen molar-refractivity contribution in [1.29, 1.82) is 0 Å². The van der Waals surface area contributed by atoms with Crippen LogP contribution in [-0.2, 0) is 6.54 Å². The zero-order valence-corrected chi connectivity index (χ0v) is 12.8. The largest absolute Gasteiger partial charge is 0.290 e. The lowest BCUT2D eigenvalue weighted by atomic mass is 10.1. The van der Waals surface area contributed by atoms with E-state index in [-0.39, 0.29) is 0 Å². The summed E-state index contributed by atoms with van der Waals surface area (Å²) in [6.07, 6.45) is 4.32. The van der Waals surface area contributed by atoms with Crippen LogP contribution in [0, 0.1) is 6.92 Å². The zero-order valence-electron chi connectivity index (χ0n) is 12.8. The lowest BCUT2D eigenvalue weighted by Gasteiger charge is -2.24. The van der Waals surface area contributed by atoms with E-state index in [0.29, 0.717) is 6.04 Å². The number of H-pyrrole nitrogens is 1. The highest BCUT2D eigenvalue weighted by Crippen LogP contribution is 2.33. The van der Waals surface area contributed by atoms with Gasteiger partial charge in [0.15, 0.2) is 0 Å². The minimum Gasteiger partial charge on any atom is -0.290 e. The molecule has 1 aliphatic rings. The van der Waals surface area contributed by atoms with Gasteiger partial charge < -0.3 is 0 Å². The molecule has 0 bridgehead atoms. The van der Waals surface area contributed by atoms with E-state index in [2.05, 4.69) is 58.4 Å². The molecule has 0 amide bonds. The molecule has 3 aromatic rings. The first-order valence-corrected chi connectivity index (χ1v) is 7.90. The molecule has 0 saturated carbocycles. The lowest BCUT2D eigenvalue weighted by Crippen LogP contribution is -2.23. The van der Waals surface area contributed by atoms with Crippen molar-refractivity contribution in [2.24, 2.45) is 0 Å². The number of aromatic nitrogens is 3. The molecule has 0 radical (unpaired) electrons. The monoisotopic (exact) mass is 292 g/mol. The van der Waals surface area contributed by atoms with Gasteiger partial charge in [0.2, 0.25) is 0 Å². The quantitative estimate of drug-likeness (QED) is 0.802. The van der Waals surface area contributed by atoms with Crippen LogP contribution in [0.15, 0.2) is 42.6 Å². The standard InChI is InChI=1S/C18H20N4/c1-13-5-2-8-16(20-13)17-9-4-10-22(17)12-15-7-3-6-14-11-19-21-18(14)15/h2-3,5-8,11,17H,4,9-10,12H2,1H3,(H,19,21)/t17-/m1/s1. The minimum atomic E-state index is 0.429. The second-order valence-electron chi connectivity index (χ2n) is 6.08. The Morgan fingerprint density at radius 2 is 2.14 bits per heavy atom. The molecule has 0 aliphatic carbocycles. The summed E-state index contributed by atoms with van der Waals surface area (Å²) in [6.45, 7) is 4.14. The smallest absolute Gasteiger partial charge is 0.0695 e. The van der Waals surface area contributed by atoms with Crippen molar-refractivity contribution in [1.82, 2.24) is 20.1 Å². The molecular formula is C18H20N4. The van der Waals surface area contributed by atoms with Crippen molar-refractivity contribution in [2.45, 2.75) is 32.4 Å². The summed E-state index contributed by atoms with van der Waals surface area (Å²) >= 11 is 0. The molecule has 1 fully saturated rings. The maximum atomic E-state index is 4.74. The van der Waals surface area contributed by atoms with Gasteiger partial charge in [0, 0.05) is 17.6 Å². The van der Waals surface area contributed by atoms with E-state index in [1.54, 1.807) is 0 Å². The molecule has 4 heteroatoms. The highest BCUT2D eigenvalue weighted by Gasteiger charge is 2.27. The van der Waals surface area contributed by atoms with E-state index < -0.39 is 0 Å². The van der Waals surface area contributed by atoms with Crippen LogP contribution in [0.2, 0.25) is 0 Å². The molecule has 4 nitrogen and oxygen atoms in total. The number of pyridine rings is 1. The summed E-state index contributed by atoms with van der Waals surface area (Å²) in [6, 6.07) is 13.2. The topological polar surface area (TPSA) is 44.8 Å². The molecule has 4 rings (SSSR count). The predicted octanol–water partition coefficient (Wildman–Crippen LogP) is 3.60. The first-order valence-electron chi connectivity index (χ1n) is 7.90. The van der Waals surface area contributed by atoms with Gasteiger partial charge in [-0.1, -0.05) is 24.3 Å². The number of nitrogens with zero attached hydrogens (tertiary/aromatic N) is 3. The molecule has 3 heterocycles. The Balaban J connectivity index is 1.63. The first kappa shape index (κ1) is 13.5. The number of aromatic amines is 1. The Kier molecular flexibility index (Phi) is 3.39. The third kappa shape index (κ3) is 2.40. The number of para-hydroxylation sites is 1. The molecule has 22 heavy (non-hydrogen) atoms. The highest BCUT2D eigenvalue weighted by atomic mass is 15.2. The van der Waals surface area contributed by atoms with Crippen molar-refractivity contribution < 1.29 is 0 Å². The Labute approximate surface area is 130 Å². The average molecular weight is 292 g/mol. The number of hydrogen-bond acceptors (Lipinski definition) is 3. The van der Waals surface area contributed by atoms with Gasteiger partial charge in [-0.25, -0.2) is 0 Å². The van der Waals surface area contributed by atoms with E-state index in [1.807, 2.05) is 6.20 Å². The van der Waals surface area contributed by atoms with Gasteiger partial charge >= 0.3 is 0 Å². The molecule has 1 atom stereocenters. The van der Waals surface area contributed by atoms with E-state index in [9.17, 15) is 0 Å². The van der Waals surface area contributed by atoms with Gasteiger partial charge in [-0.15, -0.1) is 0 Å². The third-order valence-corrected chi connectivity index (χ3v) is 4.55. The SMILES string of the molecule is Cc1cccc([C@H]2CCCN2Cc2cccc3cn[nH]c23)n1. The van der Waals surface area contributed by atoms with Gasteiger partial charge in [0.05, 0.1) is 23.4 Å². The van der Waals surface area contributed by atoms with Crippen molar-refractivity contribution >= 4 is 10.9 Å². The average Bonchev–Trinajstić information content (AvgIpc) is 3.16. The Bertz CT molecular complexity index is 792. The maximum Gasteiger partial charge on any atom is 0.0695 e.